The number of Topliss-reactive ketones (excluding diaryl/α,β-unsaturated/α-hetero) is 1. The number of hydrogen-bond acceptors (Lipinski definition) is 2. The molecule has 2 heterocycles. The Bertz CT molecular complexity index is 341. The summed E-state index contributed by atoms with van der Waals surface area (Å²) in [5, 5.41) is 4.35. The summed E-state index contributed by atoms with van der Waals surface area (Å²) in [6.45, 7) is 4.57. The van der Waals surface area contributed by atoms with Crippen molar-refractivity contribution in [3.8, 4) is 0 Å². The molecule has 1 unspecified atom stereocenters. The molecule has 0 radical (unpaired) electrons. The Hall–Kier alpha value is -1.12. The molecule has 0 amide bonds. The van der Waals surface area contributed by atoms with Crippen LogP contribution in [0.1, 0.15) is 24.7 Å². The fraction of sp³-hybridized carbons (Fsp3) is 0.600. The Kier molecular flexibility index (Phi) is 1.94. The van der Waals surface area contributed by atoms with Crippen molar-refractivity contribution in [3.63, 3.8) is 0 Å². The van der Waals surface area contributed by atoms with Gasteiger partial charge < -0.3 is 0 Å². The first kappa shape index (κ1) is 8.48. The third kappa shape index (κ3) is 1.50. The van der Waals surface area contributed by atoms with Crippen molar-refractivity contribution in [1.82, 2.24) is 9.78 Å². The predicted molar refractivity (Wildman–Crippen MR) is 49.5 cm³/mol. The van der Waals surface area contributed by atoms with Gasteiger partial charge in [-0.25, -0.2) is 0 Å². The van der Waals surface area contributed by atoms with Crippen LogP contribution in [0.25, 0.3) is 0 Å². The van der Waals surface area contributed by atoms with Crippen LogP contribution < -0.4 is 0 Å². The highest BCUT2D eigenvalue weighted by molar-refractivity contribution is 5.78. The Morgan fingerprint density at radius 3 is 3.15 bits per heavy atom. The molecule has 1 aliphatic rings. The van der Waals surface area contributed by atoms with Crippen LogP contribution in [0.5, 0.6) is 0 Å². The maximum absolute atomic E-state index is 11.2. The zero-order valence-electron chi connectivity index (χ0n) is 8.08. The van der Waals surface area contributed by atoms with Gasteiger partial charge in [0.1, 0.15) is 5.78 Å². The molecular weight excluding hydrogens is 164 g/mol. The summed E-state index contributed by atoms with van der Waals surface area (Å²) in [4.78, 5) is 11.2. The topological polar surface area (TPSA) is 34.9 Å². The number of fused-ring (bicyclic) bond motifs is 1. The molecule has 1 aliphatic heterocycles. The van der Waals surface area contributed by atoms with E-state index in [0.29, 0.717) is 5.78 Å². The standard InChI is InChI=1S/C10H14N2O/c1-7-5-10-6-9(8(2)13)3-4-12(10)11-7/h5,9H,3-4,6H2,1-2H3. The second-order valence-corrected chi connectivity index (χ2v) is 3.80. The fourth-order valence-corrected chi connectivity index (χ4v) is 1.94. The van der Waals surface area contributed by atoms with Crippen LogP contribution in [0, 0.1) is 12.8 Å². The molecule has 3 nitrogen and oxygen atoms in total. The number of hydrogen-bond donors (Lipinski definition) is 0. The zero-order chi connectivity index (χ0) is 9.42. The van der Waals surface area contributed by atoms with Gasteiger partial charge in [0.05, 0.1) is 5.69 Å². The lowest BCUT2D eigenvalue weighted by Gasteiger charge is -2.20. The van der Waals surface area contributed by atoms with Crippen molar-refractivity contribution in [3.05, 3.63) is 17.5 Å². The molecule has 0 spiro atoms. The molecule has 0 aromatic carbocycles. The van der Waals surface area contributed by atoms with Crippen LogP contribution in [-0.4, -0.2) is 15.6 Å². The van der Waals surface area contributed by atoms with Gasteiger partial charge in [-0.3, -0.25) is 9.48 Å². The second kappa shape index (κ2) is 2.98. The first-order valence-corrected chi connectivity index (χ1v) is 4.70. The molecule has 0 saturated carbocycles. The summed E-state index contributed by atoms with van der Waals surface area (Å²) >= 11 is 0. The zero-order valence-corrected chi connectivity index (χ0v) is 8.08. The van der Waals surface area contributed by atoms with Gasteiger partial charge in [-0.1, -0.05) is 0 Å². The van der Waals surface area contributed by atoms with Gasteiger partial charge in [0, 0.05) is 18.2 Å². The number of carbonyl (C=O) groups excluding carboxylic acids is 1. The Balaban J connectivity index is 2.24. The summed E-state index contributed by atoms with van der Waals surface area (Å²) in [6.07, 6.45) is 1.82. The van der Waals surface area contributed by atoms with E-state index in [9.17, 15) is 4.79 Å². The normalized spacial score (nSPS) is 21.2. The van der Waals surface area contributed by atoms with Crippen molar-refractivity contribution < 1.29 is 4.79 Å². The number of aryl methyl sites for hydroxylation is 2. The van der Waals surface area contributed by atoms with E-state index >= 15 is 0 Å². The third-order valence-electron chi connectivity index (χ3n) is 2.71. The highest BCUT2D eigenvalue weighted by Crippen LogP contribution is 2.21. The molecule has 0 saturated heterocycles. The van der Waals surface area contributed by atoms with Gasteiger partial charge in [-0.05, 0) is 32.8 Å². The Labute approximate surface area is 77.7 Å². The smallest absolute Gasteiger partial charge is 0.133 e. The summed E-state index contributed by atoms with van der Waals surface area (Å²) in [5.41, 5.74) is 2.27. The molecule has 13 heavy (non-hydrogen) atoms. The second-order valence-electron chi connectivity index (χ2n) is 3.80. The average Bonchev–Trinajstić information content (AvgIpc) is 2.42. The molecule has 2 rings (SSSR count). The average molecular weight is 178 g/mol. The van der Waals surface area contributed by atoms with Gasteiger partial charge in [-0.15, -0.1) is 0 Å². The van der Waals surface area contributed by atoms with Crippen LogP contribution in [0.15, 0.2) is 6.07 Å². The number of rotatable bonds is 1. The minimum Gasteiger partial charge on any atom is -0.300 e. The van der Waals surface area contributed by atoms with E-state index in [1.54, 1.807) is 6.92 Å². The number of carbonyl (C=O) groups is 1. The van der Waals surface area contributed by atoms with E-state index < -0.39 is 0 Å². The third-order valence-corrected chi connectivity index (χ3v) is 2.71. The minimum absolute atomic E-state index is 0.226. The summed E-state index contributed by atoms with van der Waals surface area (Å²) < 4.78 is 2.02. The van der Waals surface area contributed by atoms with Crippen LogP contribution in [0.4, 0.5) is 0 Å². The van der Waals surface area contributed by atoms with Gasteiger partial charge in [0.15, 0.2) is 0 Å². The number of aromatic nitrogens is 2. The SMILES string of the molecule is CC(=O)C1CCn2nc(C)cc2C1. The lowest BCUT2D eigenvalue weighted by Crippen LogP contribution is -2.24. The molecule has 70 valence electrons. The van der Waals surface area contributed by atoms with E-state index in [2.05, 4.69) is 11.2 Å². The molecule has 0 bridgehead atoms. The highest BCUT2D eigenvalue weighted by Gasteiger charge is 2.22. The van der Waals surface area contributed by atoms with E-state index in [1.807, 2.05) is 11.6 Å². The van der Waals surface area contributed by atoms with Crippen LogP contribution in [0.2, 0.25) is 0 Å². The first-order chi connectivity index (χ1) is 6.16. The van der Waals surface area contributed by atoms with Crippen molar-refractivity contribution in [1.29, 1.82) is 0 Å². The molecule has 0 fully saturated rings. The quantitative estimate of drug-likeness (QED) is 0.650. The molecular formula is C10H14N2O. The van der Waals surface area contributed by atoms with Gasteiger partial charge in [-0.2, -0.15) is 5.10 Å². The van der Waals surface area contributed by atoms with Crippen LogP contribution >= 0.6 is 0 Å². The van der Waals surface area contributed by atoms with Crippen molar-refractivity contribution in [2.75, 3.05) is 0 Å². The summed E-state index contributed by atoms with van der Waals surface area (Å²) in [6, 6.07) is 2.08. The number of nitrogens with zero attached hydrogens (tertiary/aromatic N) is 2. The predicted octanol–water partition coefficient (Wildman–Crippen LogP) is 1.34. The van der Waals surface area contributed by atoms with Crippen LogP contribution in [0.3, 0.4) is 0 Å². The van der Waals surface area contributed by atoms with E-state index in [4.69, 9.17) is 0 Å². The van der Waals surface area contributed by atoms with Crippen molar-refractivity contribution >= 4 is 5.78 Å². The lowest BCUT2D eigenvalue weighted by molar-refractivity contribution is -0.121. The molecule has 1 aromatic heterocycles. The summed E-state index contributed by atoms with van der Waals surface area (Å²) in [7, 11) is 0. The molecule has 0 aliphatic carbocycles. The van der Waals surface area contributed by atoms with E-state index in [0.717, 1.165) is 25.1 Å². The molecule has 1 aromatic rings. The number of ketones is 1. The molecule has 1 atom stereocenters. The maximum Gasteiger partial charge on any atom is 0.133 e. The highest BCUT2D eigenvalue weighted by atomic mass is 16.1. The van der Waals surface area contributed by atoms with E-state index in [-0.39, 0.29) is 5.92 Å². The van der Waals surface area contributed by atoms with Crippen molar-refractivity contribution in [2.24, 2.45) is 5.92 Å². The Morgan fingerprint density at radius 2 is 2.46 bits per heavy atom. The molecule has 3 heteroatoms. The Morgan fingerprint density at radius 1 is 1.69 bits per heavy atom. The largest absolute Gasteiger partial charge is 0.300 e. The first-order valence-electron chi connectivity index (χ1n) is 4.70. The maximum atomic E-state index is 11.2. The minimum atomic E-state index is 0.226. The van der Waals surface area contributed by atoms with Gasteiger partial charge in [0.25, 0.3) is 0 Å². The lowest BCUT2D eigenvalue weighted by atomic mass is 9.93. The molecule has 0 N–H and O–H groups in total. The fourth-order valence-electron chi connectivity index (χ4n) is 1.94. The van der Waals surface area contributed by atoms with Gasteiger partial charge in [0.2, 0.25) is 0 Å². The van der Waals surface area contributed by atoms with Crippen molar-refractivity contribution in [2.45, 2.75) is 33.2 Å². The monoisotopic (exact) mass is 178 g/mol. The summed E-state index contributed by atoms with van der Waals surface area (Å²) in [5.74, 6) is 0.536. The van der Waals surface area contributed by atoms with Gasteiger partial charge >= 0.3 is 0 Å². The van der Waals surface area contributed by atoms with E-state index in [1.165, 1.54) is 5.69 Å². The van der Waals surface area contributed by atoms with Crippen LogP contribution in [-0.2, 0) is 17.8 Å².